The van der Waals surface area contributed by atoms with Gasteiger partial charge in [0.15, 0.2) is 5.69 Å². The quantitative estimate of drug-likeness (QED) is 0.776. The van der Waals surface area contributed by atoms with E-state index < -0.39 is 17.8 Å². The maximum atomic E-state index is 13.6. The van der Waals surface area contributed by atoms with E-state index in [2.05, 4.69) is 4.85 Å². The molecular formula is C11H9FN2O2. The molecule has 16 heavy (non-hydrogen) atoms. The molecule has 5 heteroatoms. The largest absolute Gasteiger partial charge is 0.480 e. The van der Waals surface area contributed by atoms with Crippen LogP contribution in [0.4, 0.5) is 15.8 Å². The van der Waals surface area contributed by atoms with E-state index in [0.29, 0.717) is 13.0 Å². The molecule has 2 rings (SSSR count). The molecule has 1 atom stereocenters. The predicted molar refractivity (Wildman–Crippen MR) is 56.0 cm³/mol. The van der Waals surface area contributed by atoms with Crippen molar-refractivity contribution in [3.05, 3.63) is 35.4 Å². The van der Waals surface area contributed by atoms with Gasteiger partial charge in [-0.25, -0.2) is 14.0 Å². The van der Waals surface area contributed by atoms with Gasteiger partial charge in [-0.05, 0) is 18.6 Å². The Kier molecular flexibility index (Phi) is 2.49. The summed E-state index contributed by atoms with van der Waals surface area (Å²) < 4.78 is 13.6. The predicted octanol–water partition coefficient (Wildman–Crippen LogP) is 2.04. The monoisotopic (exact) mass is 220 g/mol. The van der Waals surface area contributed by atoms with Crippen LogP contribution in [0.2, 0.25) is 0 Å². The van der Waals surface area contributed by atoms with Crippen LogP contribution in [0.1, 0.15) is 6.42 Å². The Balaban J connectivity index is 2.29. The van der Waals surface area contributed by atoms with E-state index in [9.17, 15) is 9.18 Å². The van der Waals surface area contributed by atoms with Gasteiger partial charge < -0.3 is 10.0 Å². The van der Waals surface area contributed by atoms with Gasteiger partial charge >= 0.3 is 5.97 Å². The van der Waals surface area contributed by atoms with Gasteiger partial charge in [0.1, 0.15) is 11.9 Å². The smallest absolute Gasteiger partial charge is 0.326 e. The maximum Gasteiger partial charge on any atom is 0.326 e. The summed E-state index contributed by atoms with van der Waals surface area (Å²) in [7, 11) is 0. The SMILES string of the molecule is [C-]#[N+]c1ccc(N2CC[C@H]2C(=O)O)c(F)c1. The van der Waals surface area contributed by atoms with Crippen molar-refractivity contribution in [1.29, 1.82) is 0 Å². The third kappa shape index (κ3) is 1.58. The van der Waals surface area contributed by atoms with Crippen molar-refractivity contribution in [1.82, 2.24) is 0 Å². The highest BCUT2D eigenvalue weighted by atomic mass is 19.1. The number of carboxylic acid groups (broad SMARTS) is 1. The summed E-state index contributed by atoms with van der Waals surface area (Å²) in [5, 5.41) is 8.84. The van der Waals surface area contributed by atoms with Gasteiger partial charge in [-0.2, -0.15) is 0 Å². The first kappa shape index (κ1) is 10.4. The van der Waals surface area contributed by atoms with Gasteiger partial charge in [-0.1, -0.05) is 6.07 Å². The van der Waals surface area contributed by atoms with Crippen LogP contribution in [-0.2, 0) is 4.79 Å². The molecular weight excluding hydrogens is 211 g/mol. The van der Waals surface area contributed by atoms with E-state index in [-0.39, 0.29) is 11.4 Å². The zero-order chi connectivity index (χ0) is 11.7. The lowest BCUT2D eigenvalue weighted by Gasteiger charge is -2.40. The highest BCUT2D eigenvalue weighted by molar-refractivity contribution is 5.80. The minimum absolute atomic E-state index is 0.216. The fourth-order valence-electron chi connectivity index (χ4n) is 1.73. The molecule has 0 saturated carbocycles. The zero-order valence-electron chi connectivity index (χ0n) is 8.35. The molecule has 1 aromatic rings. The lowest BCUT2D eigenvalue weighted by atomic mass is 10.0. The molecule has 0 amide bonds. The molecule has 1 saturated heterocycles. The topological polar surface area (TPSA) is 44.9 Å². The van der Waals surface area contributed by atoms with Crippen LogP contribution < -0.4 is 4.90 Å². The van der Waals surface area contributed by atoms with Crippen molar-refractivity contribution in [2.45, 2.75) is 12.5 Å². The van der Waals surface area contributed by atoms with Gasteiger partial charge in [0.05, 0.1) is 12.3 Å². The van der Waals surface area contributed by atoms with Crippen molar-refractivity contribution in [2.75, 3.05) is 11.4 Å². The van der Waals surface area contributed by atoms with Crippen molar-refractivity contribution in [3.8, 4) is 0 Å². The van der Waals surface area contributed by atoms with Crippen LogP contribution in [0.15, 0.2) is 18.2 Å². The first-order chi connectivity index (χ1) is 7.63. The van der Waals surface area contributed by atoms with E-state index in [1.54, 1.807) is 0 Å². The molecule has 1 N–H and O–H groups in total. The molecule has 1 aliphatic rings. The first-order valence-corrected chi connectivity index (χ1v) is 4.80. The molecule has 1 fully saturated rings. The summed E-state index contributed by atoms with van der Waals surface area (Å²) in [6, 6.07) is 3.42. The van der Waals surface area contributed by atoms with Gasteiger partial charge in [0.25, 0.3) is 0 Å². The summed E-state index contributed by atoms with van der Waals surface area (Å²) in [4.78, 5) is 15.4. The van der Waals surface area contributed by atoms with Crippen LogP contribution in [-0.4, -0.2) is 23.7 Å². The second-order valence-electron chi connectivity index (χ2n) is 3.58. The van der Waals surface area contributed by atoms with Gasteiger partial charge in [0.2, 0.25) is 0 Å². The molecule has 0 aliphatic carbocycles. The van der Waals surface area contributed by atoms with Crippen molar-refractivity contribution < 1.29 is 14.3 Å². The molecule has 4 nitrogen and oxygen atoms in total. The van der Waals surface area contributed by atoms with Gasteiger partial charge in [-0.15, -0.1) is 0 Å². The Morgan fingerprint density at radius 2 is 2.38 bits per heavy atom. The maximum absolute atomic E-state index is 13.6. The summed E-state index contributed by atoms with van der Waals surface area (Å²) in [6.45, 7) is 7.27. The second kappa shape index (κ2) is 3.81. The van der Waals surface area contributed by atoms with E-state index >= 15 is 0 Å². The number of hydrogen-bond acceptors (Lipinski definition) is 2. The van der Waals surface area contributed by atoms with Gasteiger partial charge in [-0.3, -0.25) is 0 Å². The van der Waals surface area contributed by atoms with Crippen LogP contribution in [0.5, 0.6) is 0 Å². The number of aliphatic carboxylic acids is 1. The summed E-state index contributed by atoms with van der Waals surface area (Å²) >= 11 is 0. The van der Waals surface area contributed by atoms with E-state index in [0.717, 1.165) is 6.07 Å². The molecule has 1 aromatic carbocycles. The number of hydrogen-bond donors (Lipinski definition) is 1. The number of benzene rings is 1. The van der Waals surface area contributed by atoms with Crippen molar-refractivity contribution >= 4 is 17.3 Å². The third-order valence-electron chi connectivity index (χ3n) is 2.67. The van der Waals surface area contributed by atoms with Crippen LogP contribution in [0.25, 0.3) is 4.85 Å². The standard InChI is InChI=1S/C11H9FN2O2/c1-13-7-2-3-9(8(12)6-7)14-5-4-10(14)11(15)16/h2-3,6,10H,4-5H2,(H,15,16)/t10-/m0/s1. The minimum atomic E-state index is -0.945. The number of carbonyl (C=O) groups is 1. The Morgan fingerprint density at radius 1 is 1.62 bits per heavy atom. The Labute approximate surface area is 91.7 Å². The Hall–Kier alpha value is -2.09. The highest BCUT2D eigenvalue weighted by Crippen LogP contribution is 2.31. The fraction of sp³-hybridized carbons (Fsp3) is 0.273. The Morgan fingerprint density at radius 3 is 2.81 bits per heavy atom. The van der Waals surface area contributed by atoms with Crippen LogP contribution in [0, 0.1) is 12.4 Å². The average molecular weight is 220 g/mol. The van der Waals surface area contributed by atoms with Crippen LogP contribution >= 0.6 is 0 Å². The molecule has 1 heterocycles. The minimum Gasteiger partial charge on any atom is -0.480 e. The number of rotatable bonds is 2. The lowest BCUT2D eigenvalue weighted by molar-refractivity contribution is -0.139. The normalized spacial score (nSPS) is 18.8. The second-order valence-corrected chi connectivity index (χ2v) is 3.58. The molecule has 82 valence electrons. The Bertz CT molecular complexity index is 481. The van der Waals surface area contributed by atoms with Crippen LogP contribution in [0.3, 0.4) is 0 Å². The summed E-state index contributed by atoms with van der Waals surface area (Å²) in [5.41, 5.74) is 0.472. The number of halogens is 1. The van der Waals surface area contributed by atoms with E-state index in [1.807, 2.05) is 0 Å². The molecule has 0 radical (unpaired) electrons. The first-order valence-electron chi connectivity index (χ1n) is 4.80. The highest BCUT2D eigenvalue weighted by Gasteiger charge is 2.35. The lowest BCUT2D eigenvalue weighted by Crippen LogP contribution is -2.52. The number of carboxylic acids is 1. The fourth-order valence-corrected chi connectivity index (χ4v) is 1.73. The molecule has 0 bridgehead atoms. The molecule has 0 spiro atoms. The summed E-state index contributed by atoms with van der Waals surface area (Å²) in [5.74, 6) is -1.49. The molecule has 0 unspecified atom stereocenters. The van der Waals surface area contributed by atoms with Crippen molar-refractivity contribution in [3.63, 3.8) is 0 Å². The average Bonchev–Trinajstić information content (AvgIpc) is 2.18. The molecule has 1 aliphatic heterocycles. The van der Waals surface area contributed by atoms with E-state index in [4.69, 9.17) is 11.7 Å². The van der Waals surface area contributed by atoms with E-state index in [1.165, 1.54) is 17.0 Å². The number of anilines is 1. The summed E-state index contributed by atoms with van der Waals surface area (Å²) in [6.07, 6.45) is 0.527. The molecule has 0 aromatic heterocycles. The van der Waals surface area contributed by atoms with Gasteiger partial charge in [0, 0.05) is 6.54 Å². The van der Waals surface area contributed by atoms with Crippen molar-refractivity contribution in [2.24, 2.45) is 0 Å². The zero-order valence-corrected chi connectivity index (χ0v) is 8.35. The number of nitrogens with zero attached hydrogens (tertiary/aromatic N) is 2. The third-order valence-corrected chi connectivity index (χ3v) is 2.67.